The molecular formula is C10H9BClO2-. The minimum absolute atomic E-state index is 0.338. The van der Waals surface area contributed by atoms with Gasteiger partial charge in [0.05, 0.1) is 0 Å². The molecule has 0 atom stereocenters. The summed E-state index contributed by atoms with van der Waals surface area (Å²) in [6, 6.07) is 12.8. The van der Waals surface area contributed by atoms with Gasteiger partial charge in [0.1, 0.15) is 0 Å². The van der Waals surface area contributed by atoms with Gasteiger partial charge in [0.15, 0.2) is 0 Å². The van der Waals surface area contributed by atoms with E-state index >= 15 is 0 Å². The maximum Gasteiger partial charge on any atom is 0.355 e. The van der Waals surface area contributed by atoms with E-state index in [1.807, 2.05) is 30.3 Å². The molecule has 2 rings (SSSR count). The molecule has 4 heteroatoms. The van der Waals surface area contributed by atoms with Gasteiger partial charge in [-0.15, -0.1) is 5.46 Å². The third-order valence-corrected chi connectivity index (χ3v) is 2.45. The minimum Gasteiger partial charge on any atom is -0.567 e. The van der Waals surface area contributed by atoms with Gasteiger partial charge in [0.25, 0.3) is 0 Å². The zero-order valence-corrected chi connectivity index (χ0v) is 8.15. The van der Waals surface area contributed by atoms with Crippen LogP contribution in [-0.4, -0.2) is 16.0 Å². The molecule has 2 aromatic rings. The van der Waals surface area contributed by atoms with Gasteiger partial charge in [-0.25, -0.2) is 0 Å². The fourth-order valence-corrected chi connectivity index (χ4v) is 1.57. The van der Waals surface area contributed by atoms with Crippen molar-refractivity contribution in [1.29, 1.82) is 0 Å². The molecule has 0 fully saturated rings. The van der Waals surface area contributed by atoms with Gasteiger partial charge in [-0.1, -0.05) is 42.5 Å². The van der Waals surface area contributed by atoms with Crippen LogP contribution >= 0.6 is 11.5 Å². The third-order valence-electron chi connectivity index (χ3n) is 2.20. The summed E-state index contributed by atoms with van der Waals surface area (Å²) in [5, 5.41) is 20.5. The van der Waals surface area contributed by atoms with Gasteiger partial charge in [-0.2, -0.15) is 0 Å². The van der Waals surface area contributed by atoms with Crippen molar-refractivity contribution in [3.8, 4) is 0 Å². The fourth-order valence-electron chi connectivity index (χ4n) is 1.44. The smallest absolute Gasteiger partial charge is 0.355 e. The van der Waals surface area contributed by atoms with Crippen molar-refractivity contribution in [2.75, 3.05) is 0 Å². The molecule has 14 heavy (non-hydrogen) atoms. The molecule has 0 spiro atoms. The monoisotopic (exact) mass is 207 g/mol. The molecule has 0 amide bonds. The van der Waals surface area contributed by atoms with E-state index in [2.05, 4.69) is 0 Å². The summed E-state index contributed by atoms with van der Waals surface area (Å²) in [5.74, 6) is -2.91. The molecule has 0 aliphatic heterocycles. The highest BCUT2D eigenvalue weighted by molar-refractivity contribution is 7.18. The van der Waals surface area contributed by atoms with Gasteiger partial charge in [0, 0.05) is 0 Å². The number of benzene rings is 2. The summed E-state index contributed by atoms with van der Waals surface area (Å²) in [6.07, 6.45) is 0. The number of halogens is 1. The molecule has 2 aromatic carbocycles. The first-order chi connectivity index (χ1) is 6.57. The number of hydrogen-bond donors (Lipinski definition) is 2. The molecule has 0 aromatic heterocycles. The van der Waals surface area contributed by atoms with Crippen LogP contribution in [0.2, 0.25) is 0 Å². The Kier molecular flexibility index (Phi) is 2.23. The molecule has 0 aliphatic carbocycles. The van der Waals surface area contributed by atoms with Gasteiger partial charge >= 0.3 is 5.97 Å². The summed E-state index contributed by atoms with van der Waals surface area (Å²) in [5.41, 5.74) is 0.338. The standard InChI is InChI=1S/C10H9BClO2/c12-11(13,14)10-6-5-8-3-1-2-4-9(8)7-10/h1-7,13-14H/q-1. The third kappa shape index (κ3) is 1.75. The quantitative estimate of drug-likeness (QED) is 0.690. The molecule has 2 N–H and O–H groups in total. The SMILES string of the molecule is O[B-](O)(Cl)c1ccc2ccccc2c1. The lowest BCUT2D eigenvalue weighted by Gasteiger charge is -2.21. The van der Waals surface area contributed by atoms with E-state index in [-0.39, 0.29) is 0 Å². The lowest BCUT2D eigenvalue weighted by Crippen LogP contribution is -2.42. The van der Waals surface area contributed by atoms with Crippen molar-refractivity contribution >= 4 is 33.7 Å². The van der Waals surface area contributed by atoms with Gasteiger partial charge < -0.3 is 21.5 Å². The highest BCUT2D eigenvalue weighted by Crippen LogP contribution is 2.13. The maximum atomic E-state index is 9.23. The van der Waals surface area contributed by atoms with Crippen LogP contribution in [0.25, 0.3) is 10.8 Å². The predicted molar refractivity (Wildman–Crippen MR) is 59.6 cm³/mol. The summed E-state index contributed by atoms with van der Waals surface area (Å²) >= 11 is 5.43. The van der Waals surface area contributed by atoms with Crippen LogP contribution in [0.15, 0.2) is 42.5 Å². The van der Waals surface area contributed by atoms with Crippen LogP contribution < -0.4 is 5.46 Å². The average molecular weight is 207 g/mol. The van der Waals surface area contributed by atoms with E-state index in [1.54, 1.807) is 12.1 Å². The Morgan fingerprint density at radius 3 is 2.21 bits per heavy atom. The Morgan fingerprint density at radius 2 is 1.57 bits per heavy atom. The highest BCUT2D eigenvalue weighted by Gasteiger charge is 2.16. The number of rotatable bonds is 1. The van der Waals surface area contributed by atoms with Crippen molar-refractivity contribution in [3.05, 3.63) is 42.5 Å². The molecule has 0 saturated carbocycles. The van der Waals surface area contributed by atoms with E-state index in [9.17, 15) is 10.0 Å². The van der Waals surface area contributed by atoms with Gasteiger partial charge in [0.2, 0.25) is 0 Å². The molecular weight excluding hydrogens is 198 g/mol. The van der Waals surface area contributed by atoms with Crippen LogP contribution in [0, 0.1) is 0 Å². The Labute approximate surface area is 86.6 Å². The van der Waals surface area contributed by atoms with Crippen molar-refractivity contribution in [2.24, 2.45) is 0 Å². The Morgan fingerprint density at radius 1 is 0.929 bits per heavy atom. The number of fused-ring (bicyclic) bond motifs is 1. The van der Waals surface area contributed by atoms with E-state index in [4.69, 9.17) is 11.5 Å². The Hall–Kier alpha value is -1.03. The van der Waals surface area contributed by atoms with Crippen molar-refractivity contribution < 1.29 is 10.0 Å². The maximum absolute atomic E-state index is 9.23. The van der Waals surface area contributed by atoms with E-state index in [0.717, 1.165) is 10.8 Å². The highest BCUT2D eigenvalue weighted by atomic mass is 35.5. The molecule has 72 valence electrons. The van der Waals surface area contributed by atoms with Crippen LogP contribution in [0.3, 0.4) is 0 Å². The minimum atomic E-state index is -2.91. The summed E-state index contributed by atoms with van der Waals surface area (Å²) in [4.78, 5) is 0. The molecule has 0 unspecified atom stereocenters. The molecule has 0 radical (unpaired) electrons. The predicted octanol–water partition coefficient (Wildman–Crippen LogP) is 1.21. The summed E-state index contributed by atoms with van der Waals surface area (Å²) < 4.78 is 0. The molecule has 0 heterocycles. The van der Waals surface area contributed by atoms with Gasteiger partial charge in [-0.3, -0.25) is 0 Å². The lowest BCUT2D eigenvalue weighted by atomic mass is 9.77. The number of hydrogen-bond acceptors (Lipinski definition) is 2. The molecule has 2 nitrogen and oxygen atoms in total. The molecule has 0 bridgehead atoms. The van der Waals surface area contributed by atoms with Crippen LogP contribution in [0.1, 0.15) is 0 Å². The zero-order valence-electron chi connectivity index (χ0n) is 7.39. The second kappa shape index (κ2) is 3.28. The van der Waals surface area contributed by atoms with Crippen molar-refractivity contribution in [2.45, 2.75) is 0 Å². The summed E-state index contributed by atoms with van der Waals surface area (Å²) in [7, 11) is 0. The Balaban J connectivity index is 2.63. The first kappa shape index (κ1) is 9.53. The van der Waals surface area contributed by atoms with Crippen LogP contribution in [-0.2, 0) is 0 Å². The second-order valence-corrected chi connectivity index (χ2v) is 3.89. The topological polar surface area (TPSA) is 40.5 Å². The summed E-state index contributed by atoms with van der Waals surface area (Å²) in [6.45, 7) is 0. The molecule has 0 aliphatic rings. The first-order valence-electron chi connectivity index (χ1n) is 4.34. The molecule has 0 saturated heterocycles. The second-order valence-electron chi connectivity index (χ2n) is 3.28. The average Bonchev–Trinajstić information content (AvgIpc) is 2.16. The van der Waals surface area contributed by atoms with Crippen LogP contribution in [0.5, 0.6) is 0 Å². The normalized spacial score (nSPS) is 11.9. The largest absolute Gasteiger partial charge is 0.567 e. The van der Waals surface area contributed by atoms with E-state index < -0.39 is 5.97 Å². The Bertz CT molecular complexity index is 465. The van der Waals surface area contributed by atoms with E-state index in [0.29, 0.717) is 5.46 Å². The van der Waals surface area contributed by atoms with Crippen LogP contribution in [0.4, 0.5) is 0 Å². The van der Waals surface area contributed by atoms with Crippen molar-refractivity contribution in [1.82, 2.24) is 0 Å². The first-order valence-corrected chi connectivity index (χ1v) is 4.78. The van der Waals surface area contributed by atoms with Crippen molar-refractivity contribution in [3.63, 3.8) is 0 Å². The fraction of sp³-hybridized carbons (Fsp3) is 0. The van der Waals surface area contributed by atoms with E-state index in [1.165, 1.54) is 0 Å². The van der Waals surface area contributed by atoms with Gasteiger partial charge in [-0.05, 0) is 10.8 Å². The zero-order chi connectivity index (χ0) is 10.2. The lowest BCUT2D eigenvalue weighted by molar-refractivity contribution is 0.412.